The highest BCUT2D eigenvalue weighted by atomic mass is 16.7. The first-order valence-electron chi connectivity index (χ1n) is 19.7. The van der Waals surface area contributed by atoms with Crippen molar-refractivity contribution in [2.24, 2.45) is 17.8 Å². The van der Waals surface area contributed by atoms with Crippen LogP contribution in [0.15, 0.2) is 72.8 Å². The van der Waals surface area contributed by atoms with Gasteiger partial charge in [-0.1, -0.05) is 66.7 Å². The molecular weight excluding hydrogens is 654 g/mol. The van der Waals surface area contributed by atoms with Gasteiger partial charge in [0.15, 0.2) is 12.1 Å². The molecule has 0 aromatic heterocycles. The third-order valence-corrected chi connectivity index (χ3v) is 12.8. The number of rotatable bonds is 9. The SMILES string of the molecule is O=C(NCc1cccc(-c2ccc([C@@H]3O[C@H](CN4CCC5(CC4)OCCO5)C[C@H](c4ccc(CO)cc4)O3)cc2)c1)NC12CC3CC(CC(C3)C1)C2. The summed E-state index contributed by atoms with van der Waals surface area (Å²) >= 11 is 0. The average Bonchev–Trinajstić information content (AvgIpc) is 3.62. The van der Waals surface area contributed by atoms with E-state index in [0.717, 1.165) is 109 Å². The van der Waals surface area contributed by atoms with Gasteiger partial charge >= 0.3 is 6.03 Å². The monoisotopic (exact) mass is 707 g/mol. The van der Waals surface area contributed by atoms with E-state index in [2.05, 4.69) is 76.2 Å². The number of urea groups is 1. The average molecular weight is 708 g/mol. The number of piperidine rings is 1. The van der Waals surface area contributed by atoms with Crippen molar-refractivity contribution >= 4 is 6.03 Å². The van der Waals surface area contributed by atoms with E-state index in [1.165, 1.54) is 19.3 Å². The number of likely N-dealkylation sites (tertiary alicyclic amines) is 1. The Morgan fingerprint density at radius 1 is 0.769 bits per heavy atom. The number of benzene rings is 3. The first kappa shape index (κ1) is 34.5. The molecule has 9 nitrogen and oxygen atoms in total. The van der Waals surface area contributed by atoms with Crippen molar-refractivity contribution in [3.05, 3.63) is 95.1 Å². The Morgan fingerprint density at radius 3 is 2.12 bits per heavy atom. The Bertz CT molecular complexity index is 1660. The zero-order chi connectivity index (χ0) is 35.1. The van der Waals surface area contributed by atoms with E-state index in [1.807, 2.05) is 12.1 Å². The van der Waals surface area contributed by atoms with Gasteiger partial charge in [-0.15, -0.1) is 0 Å². The van der Waals surface area contributed by atoms with Crippen molar-refractivity contribution < 1.29 is 28.8 Å². The summed E-state index contributed by atoms with van der Waals surface area (Å²) in [5.41, 5.74) is 6.26. The summed E-state index contributed by atoms with van der Waals surface area (Å²) in [5, 5.41) is 16.2. The van der Waals surface area contributed by atoms with Crippen LogP contribution in [-0.2, 0) is 32.1 Å². The molecule has 0 radical (unpaired) electrons. The van der Waals surface area contributed by atoms with Gasteiger partial charge in [-0.25, -0.2) is 4.79 Å². The molecule has 3 aliphatic heterocycles. The molecule has 3 heterocycles. The van der Waals surface area contributed by atoms with Crippen molar-refractivity contribution in [2.45, 2.75) is 101 Å². The Labute approximate surface area is 307 Å². The van der Waals surface area contributed by atoms with Crippen LogP contribution in [0.25, 0.3) is 11.1 Å². The van der Waals surface area contributed by atoms with Gasteiger partial charge in [0.25, 0.3) is 0 Å². The Kier molecular flexibility index (Phi) is 9.60. The second kappa shape index (κ2) is 14.5. The third kappa shape index (κ3) is 7.41. The summed E-state index contributed by atoms with van der Waals surface area (Å²) in [6, 6.07) is 24.9. The number of carbonyl (C=O) groups is 1. The van der Waals surface area contributed by atoms with Gasteiger partial charge in [0, 0.05) is 56.5 Å². The molecule has 0 unspecified atom stereocenters. The molecule has 52 heavy (non-hydrogen) atoms. The van der Waals surface area contributed by atoms with Crippen LogP contribution in [0, 0.1) is 17.8 Å². The minimum atomic E-state index is -0.504. The van der Waals surface area contributed by atoms with Crippen LogP contribution in [0.5, 0.6) is 0 Å². The lowest BCUT2D eigenvalue weighted by Crippen LogP contribution is -2.61. The molecule has 4 bridgehead atoms. The first-order valence-corrected chi connectivity index (χ1v) is 19.7. The van der Waals surface area contributed by atoms with Crippen molar-refractivity contribution in [2.75, 3.05) is 32.8 Å². The largest absolute Gasteiger partial charge is 0.392 e. The maximum absolute atomic E-state index is 13.1. The number of amides is 2. The van der Waals surface area contributed by atoms with E-state index in [9.17, 15) is 9.90 Å². The lowest BCUT2D eigenvalue weighted by atomic mass is 9.53. The number of hydrogen-bond donors (Lipinski definition) is 3. The molecule has 10 rings (SSSR count). The lowest BCUT2D eigenvalue weighted by molar-refractivity contribution is -0.255. The molecule has 3 aromatic rings. The van der Waals surface area contributed by atoms with Gasteiger partial charge in [0.1, 0.15) is 0 Å². The Morgan fingerprint density at radius 2 is 1.44 bits per heavy atom. The standard InChI is InChI=1S/C43H53N3O6/c47-28-29-4-6-35(7-5-29)39-22-38(27-46-14-12-43(13-15-46)49-16-17-50-43)51-40(52-39)36-10-8-34(9-11-36)37-3-1-2-30(21-37)26-44-41(48)45-42-23-31-18-32(24-42)20-33(19-31)25-42/h1-11,21,31-33,38-40,47H,12-20,22-28H2,(H2,44,45,48)/t31?,32?,33?,38-,39+,40+,42?/m0/s1. The number of aliphatic hydroxyl groups is 1. The first-order chi connectivity index (χ1) is 25.4. The van der Waals surface area contributed by atoms with E-state index in [4.69, 9.17) is 18.9 Å². The normalized spacial score (nSPS) is 32.2. The number of hydrogen-bond acceptors (Lipinski definition) is 7. The van der Waals surface area contributed by atoms with Crippen LogP contribution < -0.4 is 10.6 Å². The molecule has 4 saturated carbocycles. The highest BCUT2D eigenvalue weighted by Gasteiger charge is 2.51. The Hall–Kier alpha value is -3.31. The molecule has 3 aromatic carbocycles. The van der Waals surface area contributed by atoms with Gasteiger partial charge in [-0.05, 0) is 90.2 Å². The predicted octanol–water partition coefficient (Wildman–Crippen LogP) is 7.00. The summed E-state index contributed by atoms with van der Waals surface area (Å²) in [7, 11) is 0. The molecule has 3 atom stereocenters. The Balaban J connectivity index is 0.847. The zero-order valence-electron chi connectivity index (χ0n) is 30.1. The highest BCUT2D eigenvalue weighted by molar-refractivity contribution is 5.75. The summed E-state index contributed by atoms with van der Waals surface area (Å²) in [5.74, 6) is 2.00. The van der Waals surface area contributed by atoms with E-state index in [1.54, 1.807) is 0 Å². The third-order valence-electron chi connectivity index (χ3n) is 12.8. The van der Waals surface area contributed by atoms with Crippen molar-refractivity contribution in [3.63, 3.8) is 0 Å². The quantitative estimate of drug-likeness (QED) is 0.220. The summed E-state index contributed by atoms with van der Waals surface area (Å²) in [6.07, 6.45) is 9.41. The number of aliphatic hydroxyl groups excluding tert-OH is 1. The van der Waals surface area contributed by atoms with Crippen molar-refractivity contribution in [3.8, 4) is 11.1 Å². The fraction of sp³-hybridized carbons (Fsp3) is 0.558. The maximum atomic E-state index is 13.1. The molecule has 3 saturated heterocycles. The van der Waals surface area contributed by atoms with Crippen molar-refractivity contribution in [1.82, 2.24) is 15.5 Å². The van der Waals surface area contributed by atoms with Crippen LogP contribution in [-0.4, -0.2) is 66.3 Å². The van der Waals surface area contributed by atoms with Gasteiger partial charge in [-0.2, -0.15) is 0 Å². The van der Waals surface area contributed by atoms with E-state index >= 15 is 0 Å². The maximum Gasteiger partial charge on any atom is 0.315 e. The zero-order valence-corrected chi connectivity index (χ0v) is 30.1. The molecule has 7 aliphatic rings. The van der Waals surface area contributed by atoms with Crippen LogP contribution in [0.4, 0.5) is 4.79 Å². The molecule has 7 fully saturated rings. The molecule has 276 valence electrons. The van der Waals surface area contributed by atoms with Crippen LogP contribution in [0.3, 0.4) is 0 Å². The minimum absolute atomic E-state index is 0.00950. The van der Waals surface area contributed by atoms with E-state index in [0.29, 0.717) is 19.8 Å². The summed E-state index contributed by atoms with van der Waals surface area (Å²) in [6.45, 7) is 4.53. The molecule has 2 amide bonds. The molecule has 1 spiro atoms. The highest BCUT2D eigenvalue weighted by Crippen LogP contribution is 2.55. The van der Waals surface area contributed by atoms with Gasteiger partial charge in [-0.3, -0.25) is 0 Å². The van der Waals surface area contributed by atoms with Crippen LogP contribution >= 0.6 is 0 Å². The number of nitrogens with one attached hydrogen (secondary N) is 2. The summed E-state index contributed by atoms with van der Waals surface area (Å²) in [4.78, 5) is 15.6. The second-order valence-electron chi connectivity index (χ2n) is 16.6. The molecule has 3 N–H and O–H groups in total. The topological polar surface area (TPSA) is 102 Å². The van der Waals surface area contributed by atoms with Gasteiger partial charge < -0.3 is 39.6 Å². The van der Waals surface area contributed by atoms with Crippen LogP contribution in [0.1, 0.15) is 92.4 Å². The van der Waals surface area contributed by atoms with Gasteiger partial charge in [0.2, 0.25) is 0 Å². The van der Waals surface area contributed by atoms with E-state index in [-0.39, 0.29) is 30.4 Å². The number of ether oxygens (including phenoxy) is 4. The predicted molar refractivity (Wildman–Crippen MR) is 197 cm³/mol. The van der Waals surface area contributed by atoms with Crippen molar-refractivity contribution in [1.29, 1.82) is 0 Å². The molecular formula is C43H53N3O6. The lowest BCUT2D eigenvalue weighted by Gasteiger charge is -2.56. The van der Waals surface area contributed by atoms with E-state index < -0.39 is 12.1 Å². The fourth-order valence-corrected chi connectivity index (χ4v) is 10.6. The smallest absolute Gasteiger partial charge is 0.315 e. The molecule has 9 heteroatoms. The number of nitrogens with zero attached hydrogens (tertiary/aromatic N) is 1. The fourth-order valence-electron chi connectivity index (χ4n) is 10.6. The second-order valence-corrected chi connectivity index (χ2v) is 16.6. The van der Waals surface area contributed by atoms with Gasteiger partial charge in [0.05, 0.1) is 32.0 Å². The van der Waals surface area contributed by atoms with Crippen LogP contribution in [0.2, 0.25) is 0 Å². The minimum Gasteiger partial charge on any atom is -0.392 e. The molecule has 4 aliphatic carbocycles. The summed E-state index contributed by atoms with van der Waals surface area (Å²) < 4.78 is 25.3. The number of carbonyl (C=O) groups excluding carboxylic acids is 1.